The van der Waals surface area contributed by atoms with Gasteiger partial charge in [-0.05, 0) is 45.8 Å². The van der Waals surface area contributed by atoms with Crippen LogP contribution < -0.4 is 0 Å². The normalized spacial score (nSPS) is 22.7. The van der Waals surface area contributed by atoms with Crippen molar-refractivity contribution in [3.63, 3.8) is 0 Å². The summed E-state index contributed by atoms with van der Waals surface area (Å²) in [6, 6.07) is 0. The monoisotopic (exact) mass is 238 g/mol. The minimum Gasteiger partial charge on any atom is -0.302 e. The molecule has 1 aliphatic carbocycles. The third kappa shape index (κ3) is 4.07. The van der Waals surface area contributed by atoms with Crippen LogP contribution >= 0.6 is 0 Å². The molecule has 0 N–H and O–H groups in total. The fourth-order valence-electron chi connectivity index (χ4n) is 3.04. The van der Waals surface area contributed by atoms with Crippen LogP contribution in [0.1, 0.15) is 38.5 Å². The molecule has 3 nitrogen and oxygen atoms in total. The van der Waals surface area contributed by atoms with Gasteiger partial charge in [0.2, 0.25) is 0 Å². The highest BCUT2D eigenvalue weighted by atomic mass is 16.1. The van der Waals surface area contributed by atoms with E-state index in [4.69, 9.17) is 0 Å². The van der Waals surface area contributed by atoms with Crippen molar-refractivity contribution in [2.45, 2.75) is 38.5 Å². The fourth-order valence-corrected chi connectivity index (χ4v) is 3.04. The molecule has 0 atom stereocenters. The third-order valence-electron chi connectivity index (χ3n) is 4.23. The average Bonchev–Trinajstić information content (AvgIpc) is 2.99. The van der Waals surface area contributed by atoms with Gasteiger partial charge in [0.05, 0.1) is 6.54 Å². The minimum absolute atomic E-state index is 0.379. The number of likely N-dealkylation sites (N-methyl/N-ethyl adjacent to an activating group) is 1. The molecule has 0 spiro atoms. The van der Waals surface area contributed by atoms with Gasteiger partial charge in [-0.15, -0.1) is 0 Å². The molecule has 17 heavy (non-hydrogen) atoms. The van der Waals surface area contributed by atoms with Crippen LogP contribution in [0.5, 0.6) is 0 Å². The number of carbonyl (C=O) groups is 1. The average molecular weight is 238 g/mol. The van der Waals surface area contributed by atoms with Crippen molar-refractivity contribution in [2.75, 3.05) is 39.8 Å². The van der Waals surface area contributed by atoms with E-state index in [9.17, 15) is 4.79 Å². The lowest BCUT2D eigenvalue weighted by molar-refractivity contribution is -0.123. The number of likely N-dealkylation sites (tertiary alicyclic amines) is 1. The maximum Gasteiger partial charge on any atom is 0.149 e. The first-order valence-electron chi connectivity index (χ1n) is 7.19. The van der Waals surface area contributed by atoms with Gasteiger partial charge < -0.3 is 4.90 Å². The van der Waals surface area contributed by atoms with Gasteiger partial charge in [0, 0.05) is 19.0 Å². The Hall–Kier alpha value is -0.410. The predicted molar refractivity (Wildman–Crippen MR) is 70.1 cm³/mol. The lowest BCUT2D eigenvalue weighted by atomic mass is 10.0. The zero-order valence-electron chi connectivity index (χ0n) is 11.2. The molecular formula is C14H26N2O. The second-order valence-electron chi connectivity index (χ2n) is 5.73. The van der Waals surface area contributed by atoms with Gasteiger partial charge in [-0.3, -0.25) is 9.69 Å². The van der Waals surface area contributed by atoms with Crippen LogP contribution in [0.15, 0.2) is 0 Å². The van der Waals surface area contributed by atoms with E-state index in [1.165, 1.54) is 38.8 Å². The SMILES string of the molecule is CN(CCN1CCCC1)CC(=O)C1CCCC1. The summed E-state index contributed by atoms with van der Waals surface area (Å²) in [6.07, 6.45) is 7.49. The van der Waals surface area contributed by atoms with Gasteiger partial charge >= 0.3 is 0 Å². The molecule has 2 fully saturated rings. The van der Waals surface area contributed by atoms with Gasteiger partial charge in [0.15, 0.2) is 0 Å². The number of hydrogen-bond acceptors (Lipinski definition) is 3. The Morgan fingerprint density at radius 1 is 1.18 bits per heavy atom. The Labute approximate surface area is 105 Å². The maximum absolute atomic E-state index is 12.0. The van der Waals surface area contributed by atoms with Crippen molar-refractivity contribution in [2.24, 2.45) is 5.92 Å². The van der Waals surface area contributed by atoms with E-state index in [1.54, 1.807) is 0 Å². The first-order valence-corrected chi connectivity index (χ1v) is 7.19. The molecule has 0 unspecified atom stereocenters. The summed E-state index contributed by atoms with van der Waals surface area (Å²) < 4.78 is 0. The summed E-state index contributed by atoms with van der Waals surface area (Å²) >= 11 is 0. The van der Waals surface area contributed by atoms with E-state index in [-0.39, 0.29) is 0 Å². The molecule has 2 aliphatic rings. The smallest absolute Gasteiger partial charge is 0.149 e. The van der Waals surface area contributed by atoms with Crippen LogP contribution in [-0.4, -0.2) is 55.4 Å². The van der Waals surface area contributed by atoms with Crippen LogP contribution in [-0.2, 0) is 4.79 Å². The zero-order valence-corrected chi connectivity index (χ0v) is 11.2. The van der Waals surface area contributed by atoms with E-state index >= 15 is 0 Å². The second kappa shape index (κ2) is 6.50. The van der Waals surface area contributed by atoms with Crippen LogP contribution in [0.3, 0.4) is 0 Å². The molecule has 0 aromatic carbocycles. The first kappa shape index (κ1) is 13.0. The molecule has 0 aromatic heterocycles. The molecule has 1 aliphatic heterocycles. The van der Waals surface area contributed by atoms with Crippen molar-refractivity contribution in [3.8, 4) is 0 Å². The van der Waals surface area contributed by atoms with Gasteiger partial charge in [0.25, 0.3) is 0 Å². The molecule has 98 valence electrons. The number of nitrogens with zero attached hydrogens (tertiary/aromatic N) is 2. The van der Waals surface area contributed by atoms with Crippen LogP contribution in [0.2, 0.25) is 0 Å². The quantitative estimate of drug-likeness (QED) is 0.704. The topological polar surface area (TPSA) is 23.6 Å². The molecule has 2 rings (SSSR count). The summed E-state index contributed by atoms with van der Waals surface area (Å²) in [7, 11) is 2.09. The third-order valence-corrected chi connectivity index (χ3v) is 4.23. The van der Waals surface area contributed by atoms with Crippen LogP contribution in [0.25, 0.3) is 0 Å². The standard InChI is InChI=1S/C14H26N2O/c1-15(10-11-16-8-4-5-9-16)12-14(17)13-6-2-3-7-13/h13H,2-12H2,1H3. The van der Waals surface area contributed by atoms with Crippen LogP contribution in [0, 0.1) is 5.92 Å². The van der Waals surface area contributed by atoms with Crippen molar-refractivity contribution in [3.05, 3.63) is 0 Å². The molecule has 0 radical (unpaired) electrons. The molecule has 1 heterocycles. The number of ketones is 1. The summed E-state index contributed by atoms with van der Waals surface area (Å²) in [6.45, 7) is 5.35. The summed E-state index contributed by atoms with van der Waals surface area (Å²) in [5.41, 5.74) is 0. The van der Waals surface area contributed by atoms with Crippen molar-refractivity contribution >= 4 is 5.78 Å². The largest absolute Gasteiger partial charge is 0.302 e. The van der Waals surface area contributed by atoms with E-state index in [0.717, 1.165) is 25.9 Å². The summed E-state index contributed by atoms with van der Waals surface area (Å²) in [4.78, 5) is 16.7. The summed E-state index contributed by atoms with van der Waals surface area (Å²) in [5.74, 6) is 0.857. The minimum atomic E-state index is 0.379. The number of hydrogen-bond donors (Lipinski definition) is 0. The zero-order chi connectivity index (χ0) is 12.1. The molecule has 1 saturated carbocycles. The fraction of sp³-hybridized carbons (Fsp3) is 0.929. The predicted octanol–water partition coefficient (Wildman–Crippen LogP) is 1.77. The van der Waals surface area contributed by atoms with E-state index in [2.05, 4.69) is 16.8 Å². The number of Topliss-reactive ketones (excluding diaryl/α,β-unsaturated/α-hetero) is 1. The highest BCUT2D eigenvalue weighted by Crippen LogP contribution is 2.25. The van der Waals surface area contributed by atoms with Crippen LogP contribution in [0.4, 0.5) is 0 Å². The Morgan fingerprint density at radius 3 is 2.47 bits per heavy atom. The molecule has 3 heteroatoms. The van der Waals surface area contributed by atoms with Crippen molar-refractivity contribution in [1.29, 1.82) is 0 Å². The Bertz CT molecular complexity index is 243. The highest BCUT2D eigenvalue weighted by Gasteiger charge is 2.23. The first-order chi connectivity index (χ1) is 8.25. The summed E-state index contributed by atoms with van der Waals surface area (Å²) in [5, 5.41) is 0. The molecule has 0 amide bonds. The lowest BCUT2D eigenvalue weighted by Gasteiger charge is -2.21. The molecule has 0 bridgehead atoms. The van der Waals surface area contributed by atoms with Gasteiger partial charge in [-0.25, -0.2) is 0 Å². The number of carbonyl (C=O) groups excluding carboxylic acids is 1. The molecule has 0 aromatic rings. The van der Waals surface area contributed by atoms with Gasteiger partial charge in [-0.2, -0.15) is 0 Å². The second-order valence-corrected chi connectivity index (χ2v) is 5.73. The van der Waals surface area contributed by atoms with Gasteiger partial charge in [-0.1, -0.05) is 12.8 Å². The maximum atomic E-state index is 12.0. The van der Waals surface area contributed by atoms with E-state index in [0.29, 0.717) is 18.2 Å². The lowest BCUT2D eigenvalue weighted by Crippen LogP contribution is -2.35. The Kier molecular flexibility index (Phi) is 4.99. The van der Waals surface area contributed by atoms with Gasteiger partial charge in [0.1, 0.15) is 5.78 Å². The Balaban J connectivity index is 1.62. The highest BCUT2D eigenvalue weighted by molar-refractivity contribution is 5.83. The molecule has 1 saturated heterocycles. The van der Waals surface area contributed by atoms with Crippen molar-refractivity contribution in [1.82, 2.24) is 9.80 Å². The van der Waals surface area contributed by atoms with E-state index < -0.39 is 0 Å². The van der Waals surface area contributed by atoms with E-state index in [1.807, 2.05) is 0 Å². The molecular weight excluding hydrogens is 212 g/mol. The Morgan fingerprint density at radius 2 is 1.82 bits per heavy atom. The number of rotatable bonds is 6. The van der Waals surface area contributed by atoms with Crippen molar-refractivity contribution < 1.29 is 4.79 Å².